The minimum absolute atomic E-state index is 0.204. The molecule has 1 fully saturated rings. The number of hydrogen-bond acceptors (Lipinski definition) is 2. The summed E-state index contributed by atoms with van der Waals surface area (Å²) in [7, 11) is 0. The van der Waals surface area contributed by atoms with E-state index in [-0.39, 0.29) is 6.04 Å². The molecule has 0 spiro atoms. The molecule has 0 bridgehead atoms. The molecule has 1 rings (SSSR count). The average Bonchev–Trinajstić information content (AvgIpc) is 2.53. The van der Waals surface area contributed by atoms with Gasteiger partial charge in [0.15, 0.2) is 0 Å². The molecule has 44 valence electrons. The summed E-state index contributed by atoms with van der Waals surface area (Å²) in [6, 6.07) is 2.44. The van der Waals surface area contributed by atoms with Crippen molar-refractivity contribution in [3.05, 3.63) is 0 Å². The van der Waals surface area contributed by atoms with Crippen LogP contribution in [-0.4, -0.2) is 24.0 Å². The average molecular weight is 110 g/mol. The predicted molar refractivity (Wildman–Crippen MR) is 31.3 cm³/mol. The maximum atomic E-state index is 8.44. The highest BCUT2D eigenvalue weighted by atomic mass is 15.3. The SMILES string of the molecule is CCC(C#N)N1CC1. The second kappa shape index (κ2) is 2.15. The molecule has 1 atom stereocenters. The Morgan fingerprint density at radius 2 is 2.38 bits per heavy atom. The van der Waals surface area contributed by atoms with Gasteiger partial charge in [-0.15, -0.1) is 0 Å². The van der Waals surface area contributed by atoms with Gasteiger partial charge in [0.05, 0.1) is 12.1 Å². The van der Waals surface area contributed by atoms with Crippen molar-refractivity contribution in [2.45, 2.75) is 19.4 Å². The van der Waals surface area contributed by atoms with E-state index in [1.165, 1.54) is 0 Å². The van der Waals surface area contributed by atoms with E-state index in [1.807, 2.05) is 6.92 Å². The Hall–Kier alpha value is -0.550. The van der Waals surface area contributed by atoms with Gasteiger partial charge in [0.1, 0.15) is 0 Å². The van der Waals surface area contributed by atoms with Gasteiger partial charge in [0, 0.05) is 13.1 Å². The summed E-state index contributed by atoms with van der Waals surface area (Å²) in [6.07, 6.45) is 0.969. The maximum absolute atomic E-state index is 8.44. The summed E-state index contributed by atoms with van der Waals surface area (Å²) in [4.78, 5) is 2.17. The van der Waals surface area contributed by atoms with Gasteiger partial charge in [0.2, 0.25) is 0 Å². The lowest BCUT2D eigenvalue weighted by Gasteiger charge is -2.02. The summed E-state index contributed by atoms with van der Waals surface area (Å²) in [5.74, 6) is 0. The number of nitrogens with zero attached hydrogens (tertiary/aromatic N) is 2. The van der Waals surface area contributed by atoms with Gasteiger partial charge in [-0.3, -0.25) is 4.90 Å². The zero-order chi connectivity index (χ0) is 5.98. The Balaban J connectivity index is 2.29. The lowest BCUT2D eigenvalue weighted by molar-refractivity contribution is 0.465. The van der Waals surface area contributed by atoms with Crippen LogP contribution in [0, 0.1) is 11.3 Å². The van der Waals surface area contributed by atoms with Crippen LogP contribution in [0.4, 0.5) is 0 Å². The highest BCUT2D eigenvalue weighted by molar-refractivity contribution is 4.96. The Morgan fingerprint density at radius 1 is 1.75 bits per heavy atom. The molecule has 1 unspecified atom stereocenters. The van der Waals surface area contributed by atoms with Gasteiger partial charge in [-0.1, -0.05) is 6.92 Å². The van der Waals surface area contributed by atoms with Gasteiger partial charge in [-0.2, -0.15) is 5.26 Å². The molecular weight excluding hydrogens is 100 g/mol. The van der Waals surface area contributed by atoms with Crippen molar-refractivity contribution < 1.29 is 0 Å². The van der Waals surface area contributed by atoms with Crippen molar-refractivity contribution in [2.75, 3.05) is 13.1 Å². The topological polar surface area (TPSA) is 26.8 Å². The fraction of sp³-hybridized carbons (Fsp3) is 0.833. The van der Waals surface area contributed by atoms with Crippen LogP contribution in [0.3, 0.4) is 0 Å². The predicted octanol–water partition coefficient (Wildman–Crippen LogP) is 0.604. The monoisotopic (exact) mass is 110 g/mol. The van der Waals surface area contributed by atoms with E-state index in [0.29, 0.717) is 0 Å². The smallest absolute Gasteiger partial charge is 0.0976 e. The largest absolute Gasteiger partial charge is 0.286 e. The molecule has 8 heavy (non-hydrogen) atoms. The molecule has 0 aromatic carbocycles. The Kier molecular flexibility index (Phi) is 1.50. The van der Waals surface area contributed by atoms with E-state index in [1.54, 1.807) is 0 Å². The molecule has 1 heterocycles. The summed E-state index contributed by atoms with van der Waals surface area (Å²) < 4.78 is 0. The molecular formula is C6H10N2. The van der Waals surface area contributed by atoms with Gasteiger partial charge < -0.3 is 0 Å². The first-order valence-electron chi connectivity index (χ1n) is 3.02. The van der Waals surface area contributed by atoms with E-state index in [2.05, 4.69) is 11.0 Å². The van der Waals surface area contributed by atoms with Crippen molar-refractivity contribution in [2.24, 2.45) is 0 Å². The molecule has 1 aliphatic rings. The van der Waals surface area contributed by atoms with E-state index < -0.39 is 0 Å². The molecule has 0 saturated carbocycles. The molecule has 1 saturated heterocycles. The Labute approximate surface area is 49.7 Å². The number of rotatable bonds is 2. The van der Waals surface area contributed by atoms with Crippen LogP contribution < -0.4 is 0 Å². The zero-order valence-corrected chi connectivity index (χ0v) is 5.09. The lowest BCUT2D eigenvalue weighted by Crippen LogP contribution is -2.13. The van der Waals surface area contributed by atoms with Crippen LogP contribution in [0.25, 0.3) is 0 Å². The van der Waals surface area contributed by atoms with Crippen molar-refractivity contribution in [3.8, 4) is 6.07 Å². The van der Waals surface area contributed by atoms with Crippen molar-refractivity contribution >= 4 is 0 Å². The molecule has 0 amide bonds. The van der Waals surface area contributed by atoms with E-state index >= 15 is 0 Å². The highest BCUT2D eigenvalue weighted by Crippen LogP contribution is 2.11. The maximum Gasteiger partial charge on any atom is 0.0976 e. The van der Waals surface area contributed by atoms with Crippen LogP contribution in [0.5, 0.6) is 0 Å². The molecule has 0 N–H and O–H groups in total. The summed E-state index contributed by atoms with van der Waals surface area (Å²) in [5.41, 5.74) is 0. The third-order valence-electron chi connectivity index (χ3n) is 1.46. The van der Waals surface area contributed by atoms with Crippen LogP contribution in [-0.2, 0) is 0 Å². The van der Waals surface area contributed by atoms with Crippen LogP contribution >= 0.6 is 0 Å². The van der Waals surface area contributed by atoms with E-state index in [9.17, 15) is 0 Å². The third kappa shape index (κ3) is 0.988. The second-order valence-corrected chi connectivity index (χ2v) is 2.09. The molecule has 2 nitrogen and oxygen atoms in total. The Morgan fingerprint density at radius 3 is 2.50 bits per heavy atom. The number of nitriles is 1. The number of hydrogen-bond donors (Lipinski definition) is 0. The summed E-state index contributed by atoms with van der Waals surface area (Å²) >= 11 is 0. The second-order valence-electron chi connectivity index (χ2n) is 2.09. The minimum atomic E-state index is 0.204. The van der Waals surface area contributed by atoms with Crippen LogP contribution in [0.2, 0.25) is 0 Å². The van der Waals surface area contributed by atoms with Crippen molar-refractivity contribution in [1.82, 2.24) is 4.90 Å². The molecule has 0 radical (unpaired) electrons. The van der Waals surface area contributed by atoms with Gasteiger partial charge in [0.25, 0.3) is 0 Å². The van der Waals surface area contributed by atoms with E-state index in [0.717, 1.165) is 19.5 Å². The molecule has 2 heteroatoms. The minimum Gasteiger partial charge on any atom is -0.286 e. The van der Waals surface area contributed by atoms with Crippen molar-refractivity contribution in [3.63, 3.8) is 0 Å². The highest BCUT2D eigenvalue weighted by Gasteiger charge is 2.25. The third-order valence-corrected chi connectivity index (χ3v) is 1.46. The fourth-order valence-corrected chi connectivity index (χ4v) is 0.801. The molecule has 1 aliphatic heterocycles. The van der Waals surface area contributed by atoms with Gasteiger partial charge in [-0.25, -0.2) is 0 Å². The van der Waals surface area contributed by atoms with Crippen LogP contribution in [0.15, 0.2) is 0 Å². The summed E-state index contributed by atoms with van der Waals surface area (Å²) in [5, 5.41) is 8.44. The first-order chi connectivity index (χ1) is 3.88. The van der Waals surface area contributed by atoms with Crippen LogP contribution in [0.1, 0.15) is 13.3 Å². The first kappa shape index (κ1) is 5.58. The molecule has 0 aromatic rings. The van der Waals surface area contributed by atoms with E-state index in [4.69, 9.17) is 5.26 Å². The normalized spacial score (nSPS) is 22.0. The molecule has 0 aliphatic carbocycles. The molecule has 0 aromatic heterocycles. The first-order valence-corrected chi connectivity index (χ1v) is 3.02. The van der Waals surface area contributed by atoms with Crippen molar-refractivity contribution in [1.29, 1.82) is 5.26 Å². The summed E-state index contributed by atoms with van der Waals surface area (Å²) in [6.45, 7) is 4.31. The zero-order valence-electron chi connectivity index (χ0n) is 5.09. The fourth-order valence-electron chi connectivity index (χ4n) is 0.801. The quantitative estimate of drug-likeness (QED) is 0.487. The van der Waals surface area contributed by atoms with Gasteiger partial charge in [-0.05, 0) is 6.42 Å². The Bertz CT molecular complexity index is 110. The lowest BCUT2D eigenvalue weighted by atomic mass is 10.2. The van der Waals surface area contributed by atoms with Gasteiger partial charge >= 0.3 is 0 Å². The standard InChI is InChI=1S/C6H10N2/c1-2-6(5-7)8-3-4-8/h6H,2-4H2,1H3.